The Morgan fingerprint density at radius 2 is 2.14 bits per heavy atom. The Kier molecular flexibility index (Phi) is 6.33. The predicted octanol–water partition coefficient (Wildman–Crippen LogP) is 1.92. The van der Waals surface area contributed by atoms with Crippen LogP contribution in [0.5, 0.6) is 0 Å². The predicted molar refractivity (Wildman–Crippen MR) is 95.3 cm³/mol. The van der Waals surface area contributed by atoms with E-state index in [0.717, 1.165) is 17.8 Å². The first-order valence-electron chi connectivity index (χ1n) is 7.90. The monoisotopic (exact) mass is 397 g/mol. The van der Waals surface area contributed by atoms with Crippen molar-refractivity contribution in [1.82, 2.24) is 19.7 Å². The molecule has 12 heteroatoms. The minimum Gasteiger partial charge on any atom is -0.482 e. The normalized spacial score (nSPS) is 13.9. The number of methoxy groups -OCH3 is 1. The highest BCUT2D eigenvalue weighted by Crippen LogP contribution is 2.32. The van der Waals surface area contributed by atoms with Gasteiger partial charge in [-0.05, 0) is 19.1 Å². The second-order valence-corrected chi connectivity index (χ2v) is 5.51. The van der Waals surface area contributed by atoms with Crippen LogP contribution in [-0.2, 0) is 9.53 Å². The number of carbonyl (C=O) groups is 1. The fourth-order valence-corrected chi connectivity index (χ4v) is 2.15. The molecule has 0 saturated carbocycles. The number of hydrogen-bond donors (Lipinski definition) is 2. The van der Waals surface area contributed by atoms with Gasteiger partial charge in [-0.3, -0.25) is 9.79 Å². The van der Waals surface area contributed by atoms with E-state index in [1.54, 1.807) is 0 Å². The van der Waals surface area contributed by atoms with E-state index in [9.17, 15) is 18.0 Å². The summed E-state index contributed by atoms with van der Waals surface area (Å²) in [5, 5.41) is 9.74. The molecule has 1 unspecified atom stereocenters. The Balaban J connectivity index is 2.34. The first-order valence-corrected chi connectivity index (χ1v) is 7.90. The molecule has 28 heavy (non-hydrogen) atoms. The van der Waals surface area contributed by atoms with Crippen molar-refractivity contribution in [2.45, 2.75) is 19.1 Å². The van der Waals surface area contributed by atoms with Crippen LogP contribution >= 0.6 is 0 Å². The van der Waals surface area contributed by atoms with Gasteiger partial charge in [-0.15, -0.1) is 10.2 Å². The van der Waals surface area contributed by atoms with Crippen molar-refractivity contribution in [3.05, 3.63) is 36.0 Å². The molecule has 0 radical (unpaired) electrons. The van der Waals surface area contributed by atoms with Gasteiger partial charge in [0.1, 0.15) is 29.5 Å². The summed E-state index contributed by atoms with van der Waals surface area (Å²) in [7, 11) is 2.74. The Bertz CT molecular complexity index is 906. The van der Waals surface area contributed by atoms with Gasteiger partial charge < -0.3 is 20.4 Å². The Hall–Kier alpha value is -3.44. The zero-order valence-corrected chi connectivity index (χ0v) is 15.2. The van der Waals surface area contributed by atoms with Crippen molar-refractivity contribution < 1.29 is 22.7 Å². The first kappa shape index (κ1) is 20.9. The molecule has 3 N–H and O–H groups in total. The molecule has 0 fully saturated rings. The third kappa shape index (κ3) is 4.64. The summed E-state index contributed by atoms with van der Waals surface area (Å²) in [4.78, 5) is 20.2. The lowest BCUT2D eigenvalue weighted by Crippen LogP contribution is -2.24. The van der Waals surface area contributed by atoms with Crippen molar-refractivity contribution in [3.8, 4) is 11.5 Å². The highest BCUT2D eigenvalue weighted by molar-refractivity contribution is 6.17. The SMILES string of the molecule is CN=CC(C(=O)Nc1cccc(-c2nncn2C(C)C(F)(F)F)n1)=C(N)OC. The summed E-state index contributed by atoms with van der Waals surface area (Å²) in [6, 6.07) is 2.56. The number of halogens is 3. The largest absolute Gasteiger partial charge is 0.482 e. The quantitative estimate of drug-likeness (QED) is 0.437. The lowest BCUT2D eigenvalue weighted by atomic mass is 10.2. The Morgan fingerprint density at radius 3 is 2.75 bits per heavy atom. The summed E-state index contributed by atoms with van der Waals surface area (Å²) >= 11 is 0. The van der Waals surface area contributed by atoms with Crippen LogP contribution in [0, 0.1) is 0 Å². The van der Waals surface area contributed by atoms with Crippen molar-refractivity contribution in [3.63, 3.8) is 0 Å². The molecule has 0 bridgehead atoms. The number of amides is 1. The standard InChI is InChI=1S/C16H18F3N7O2/c1-9(16(17,18)19)26-8-22-25-14(26)11-5-4-6-12(23-11)24-15(27)10(7-21-2)13(20)28-3/h4-9H,20H2,1-3H3,(H,23,24,27). The topological polar surface area (TPSA) is 120 Å². The molecule has 0 aromatic carbocycles. The molecular weight excluding hydrogens is 379 g/mol. The highest BCUT2D eigenvalue weighted by Gasteiger charge is 2.38. The number of nitrogens with zero attached hydrogens (tertiary/aromatic N) is 5. The first-order chi connectivity index (χ1) is 13.2. The number of nitrogens with one attached hydrogen (secondary N) is 1. The number of pyridine rings is 1. The van der Waals surface area contributed by atoms with Crippen molar-refractivity contribution in [2.75, 3.05) is 19.5 Å². The number of carbonyl (C=O) groups excluding carboxylic acids is 1. The third-order valence-corrected chi connectivity index (χ3v) is 3.67. The molecule has 2 rings (SSSR count). The molecule has 1 amide bonds. The average molecular weight is 397 g/mol. The Labute approximate surface area is 158 Å². The molecule has 2 aromatic heterocycles. The van der Waals surface area contributed by atoms with Gasteiger partial charge in [-0.25, -0.2) is 4.98 Å². The van der Waals surface area contributed by atoms with Crippen molar-refractivity contribution in [1.29, 1.82) is 0 Å². The number of aliphatic imine (C=N–C) groups is 1. The lowest BCUT2D eigenvalue weighted by molar-refractivity contribution is -0.162. The fraction of sp³-hybridized carbons (Fsp3) is 0.312. The number of nitrogens with two attached hydrogens (primary N) is 1. The summed E-state index contributed by atoms with van der Waals surface area (Å²) < 4.78 is 44.8. The van der Waals surface area contributed by atoms with Gasteiger partial charge in [0.15, 0.2) is 11.7 Å². The minimum atomic E-state index is -4.49. The van der Waals surface area contributed by atoms with Crippen LogP contribution in [0.3, 0.4) is 0 Å². The molecule has 0 aliphatic carbocycles. The maximum Gasteiger partial charge on any atom is 0.408 e. The summed E-state index contributed by atoms with van der Waals surface area (Å²) in [6.07, 6.45) is -2.31. The van der Waals surface area contributed by atoms with Crippen molar-refractivity contribution in [2.24, 2.45) is 10.7 Å². The van der Waals surface area contributed by atoms with E-state index in [-0.39, 0.29) is 28.8 Å². The minimum absolute atomic E-state index is 0.0361. The maximum atomic E-state index is 13.0. The molecule has 2 aromatic rings. The van der Waals surface area contributed by atoms with Crippen LogP contribution in [-0.4, -0.2) is 52.2 Å². The maximum absolute atomic E-state index is 13.0. The van der Waals surface area contributed by atoms with Crippen LogP contribution in [0.2, 0.25) is 0 Å². The molecule has 9 nitrogen and oxygen atoms in total. The van der Waals surface area contributed by atoms with Crippen LogP contribution < -0.4 is 11.1 Å². The van der Waals surface area contributed by atoms with E-state index >= 15 is 0 Å². The van der Waals surface area contributed by atoms with Crippen LogP contribution in [0.4, 0.5) is 19.0 Å². The van der Waals surface area contributed by atoms with Crippen LogP contribution in [0.15, 0.2) is 41.0 Å². The fourth-order valence-electron chi connectivity index (χ4n) is 2.15. The number of alkyl halides is 3. The summed E-state index contributed by atoms with van der Waals surface area (Å²) in [5.41, 5.74) is 5.68. The number of ether oxygens (including phenoxy) is 1. The molecule has 0 saturated heterocycles. The van der Waals surface area contributed by atoms with E-state index in [4.69, 9.17) is 10.5 Å². The third-order valence-electron chi connectivity index (χ3n) is 3.67. The molecule has 0 aliphatic heterocycles. The Morgan fingerprint density at radius 1 is 1.43 bits per heavy atom. The van der Waals surface area contributed by atoms with Gasteiger partial charge in [0.2, 0.25) is 0 Å². The summed E-state index contributed by atoms with van der Waals surface area (Å²) in [6.45, 7) is 0.979. The second kappa shape index (κ2) is 8.50. The zero-order chi connectivity index (χ0) is 20.9. The molecule has 0 spiro atoms. The van der Waals surface area contributed by atoms with Crippen molar-refractivity contribution >= 4 is 17.9 Å². The molecule has 1 atom stereocenters. The van der Waals surface area contributed by atoms with Crippen LogP contribution in [0.1, 0.15) is 13.0 Å². The van der Waals surface area contributed by atoms with E-state index in [1.165, 1.54) is 38.6 Å². The molecular formula is C16H18F3N7O2. The zero-order valence-electron chi connectivity index (χ0n) is 15.2. The smallest absolute Gasteiger partial charge is 0.408 e. The summed E-state index contributed by atoms with van der Waals surface area (Å²) in [5.74, 6) is -0.830. The average Bonchev–Trinajstić information content (AvgIpc) is 3.13. The van der Waals surface area contributed by atoms with Gasteiger partial charge in [0.05, 0.1) is 7.11 Å². The number of hydrogen-bond acceptors (Lipinski definition) is 7. The number of aromatic nitrogens is 4. The van der Waals surface area contributed by atoms with Gasteiger partial charge in [-0.1, -0.05) is 6.07 Å². The van der Waals surface area contributed by atoms with E-state index < -0.39 is 18.1 Å². The number of rotatable bonds is 6. The highest BCUT2D eigenvalue weighted by atomic mass is 19.4. The van der Waals surface area contributed by atoms with Crippen LogP contribution in [0.25, 0.3) is 11.5 Å². The van der Waals surface area contributed by atoms with E-state index in [1.807, 2.05) is 0 Å². The van der Waals surface area contributed by atoms with Gasteiger partial charge >= 0.3 is 6.18 Å². The van der Waals surface area contributed by atoms with Gasteiger partial charge in [0.25, 0.3) is 5.91 Å². The van der Waals surface area contributed by atoms with Gasteiger partial charge in [0, 0.05) is 13.3 Å². The van der Waals surface area contributed by atoms with E-state index in [0.29, 0.717) is 0 Å². The molecule has 2 heterocycles. The van der Waals surface area contributed by atoms with E-state index in [2.05, 4.69) is 25.5 Å². The molecule has 150 valence electrons. The molecule has 0 aliphatic rings. The van der Waals surface area contributed by atoms with Gasteiger partial charge in [-0.2, -0.15) is 13.2 Å². The lowest BCUT2D eigenvalue weighted by Gasteiger charge is -2.18. The number of anilines is 1. The second-order valence-electron chi connectivity index (χ2n) is 5.51.